The molecule has 0 aromatic rings. The van der Waals surface area contributed by atoms with Crippen molar-refractivity contribution in [3.8, 4) is 0 Å². The molecule has 0 amide bonds. The number of carbonyl (C=O) groups excluding carboxylic acids is 2. The molecule has 0 bridgehead atoms. The molecule has 0 fully saturated rings. The maximum absolute atomic E-state index is 11.7. The fourth-order valence-corrected chi connectivity index (χ4v) is 1.57. The standard InChI is InChI=1S/C13H18O2/c1-5-11(14)10-7-6-9(8-12(10)15)13(2,3)4/h7-8H,5-6H2,1-4H3. The Morgan fingerprint density at radius 3 is 2.40 bits per heavy atom. The number of rotatable bonds is 2. The van der Waals surface area contributed by atoms with Gasteiger partial charge in [0.15, 0.2) is 11.6 Å². The maximum atomic E-state index is 11.7. The van der Waals surface area contributed by atoms with E-state index >= 15 is 0 Å². The average molecular weight is 206 g/mol. The second kappa shape index (κ2) is 4.13. The van der Waals surface area contributed by atoms with Gasteiger partial charge in [-0.15, -0.1) is 0 Å². The highest BCUT2D eigenvalue weighted by Gasteiger charge is 2.24. The van der Waals surface area contributed by atoms with E-state index in [1.807, 2.05) is 0 Å². The van der Waals surface area contributed by atoms with Crippen LogP contribution < -0.4 is 0 Å². The molecule has 1 aliphatic carbocycles. The van der Waals surface area contributed by atoms with Crippen molar-refractivity contribution in [2.75, 3.05) is 0 Å². The first kappa shape index (κ1) is 11.9. The van der Waals surface area contributed by atoms with Gasteiger partial charge in [-0.25, -0.2) is 0 Å². The Hall–Kier alpha value is -1.18. The van der Waals surface area contributed by atoms with Crippen molar-refractivity contribution >= 4 is 11.6 Å². The molecule has 0 N–H and O–H groups in total. The highest BCUT2D eigenvalue weighted by Crippen LogP contribution is 2.31. The zero-order valence-electron chi connectivity index (χ0n) is 9.89. The van der Waals surface area contributed by atoms with E-state index in [1.165, 1.54) is 0 Å². The van der Waals surface area contributed by atoms with Crippen molar-refractivity contribution in [3.05, 3.63) is 23.3 Å². The lowest BCUT2D eigenvalue weighted by molar-refractivity contribution is -0.119. The van der Waals surface area contributed by atoms with Crippen molar-refractivity contribution in [1.29, 1.82) is 0 Å². The highest BCUT2D eigenvalue weighted by molar-refractivity contribution is 6.24. The lowest BCUT2D eigenvalue weighted by Gasteiger charge is -2.24. The molecule has 0 aromatic heterocycles. The van der Waals surface area contributed by atoms with E-state index in [4.69, 9.17) is 0 Å². The number of carbonyl (C=O) groups is 2. The van der Waals surface area contributed by atoms with Crippen molar-refractivity contribution in [2.24, 2.45) is 5.41 Å². The van der Waals surface area contributed by atoms with Crippen LogP contribution in [0.5, 0.6) is 0 Å². The number of ketones is 2. The smallest absolute Gasteiger partial charge is 0.189 e. The van der Waals surface area contributed by atoms with E-state index in [0.717, 1.165) is 12.0 Å². The van der Waals surface area contributed by atoms with Crippen molar-refractivity contribution < 1.29 is 9.59 Å². The molecular formula is C13H18O2. The maximum Gasteiger partial charge on any atom is 0.189 e. The van der Waals surface area contributed by atoms with Crippen LogP contribution in [-0.4, -0.2) is 11.6 Å². The molecule has 1 rings (SSSR count). The van der Waals surface area contributed by atoms with Gasteiger partial charge in [0.05, 0.1) is 5.57 Å². The Bertz CT molecular complexity index is 351. The summed E-state index contributed by atoms with van der Waals surface area (Å²) in [5, 5.41) is 0. The number of allylic oxidation sites excluding steroid dienone is 4. The Morgan fingerprint density at radius 1 is 1.40 bits per heavy atom. The summed E-state index contributed by atoms with van der Waals surface area (Å²) >= 11 is 0. The molecule has 1 aliphatic rings. The van der Waals surface area contributed by atoms with E-state index in [2.05, 4.69) is 20.8 Å². The van der Waals surface area contributed by atoms with Gasteiger partial charge in [-0.1, -0.05) is 39.3 Å². The van der Waals surface area contributed by atoms with Gasteiger partial charge in [0.25, 0.3) is 0 Å². The fourth-order valence-electron chi connectivity index (χ4n) is 1.57. The molecule has 0 heterocycles. The summed E-state index contributed by atoms with van der Waals surface area (Å²) in [7, 11) is 0. The molecule has 0 aromatic carbocycles. The summed E-state index contributed by atoms with van der Waals surface area (Å²) in [5.41, 5.74) is 1.47. The number of hydrogen-bond donors (Lipinski definition) is 0. The molecule has 2 nitrogen and oxygen atoms in total. The molecule has 82 valence electrons. The molecule has 0 unspecified atom stereocenters. The summed E-state index contributed by atoms with van der Waals surface area (Å²) < 4.78 is 0. The van der Waals surface area contributed by atoms with E-state index in [9.17, 15) is 9.59 Å². The fraction of sp³-hybridized carbons (Fsp3) is 0.538. The number of hydrogen-bond acceptors (Lipinski definition) is 2. The lowest BCUT2D eigenvalue weighted by atomic mass is 9.80. The Balaban J connectivity index is 2.89. The summed E-state index contributed by atoms with van der Waals surface area (Å²) in [6.07, 6.45) is 4.52. The highest BCUT2D eigenvalue weighted by atomic mass is 16.1. The third kappa shape index (κ3) is 2.65. The van der Waals surface area contributed by atoms with Crippen LogP contribution in [0.25, 0.3) is 0 Å². The van der Waals surface area contributed by atoms with E-state index < -0.39 is 0 Å². The molecule has 0 atom stereocenters. The molecule has 0 aliphatic heterocycles. The second-order valence-corrected chi connectivity index (χ2v) is 4.88. The summed E-state index contributed by atoms with van der Waals surface area (Å²) in [4.78, 5) is 23.1. The van der Waals surface area contributed by atoms with Gasteiger partial charge >= 0.3 is 0 Å². The SMILES string of the molecule is CCC(=O)C1=CCC(C(C)(C)C)=CC1=O. The van der Waals surface area contributed by atoms with E-state index in [0.29, 0.717) is 12.0 Å². The van der Waals surface area contributed by atoms with Crippen LogP contribution in [-0.2, 0) is 9.59 Å². The van der Waals surface area contributed by atoms with Gasteiger partial charge in [-0.05, 0) is 17.9 Å². The average Bonchev–Trinajstić information content (AvgIpc) is 2.15. The van der Waals surface area contributed by atoms with Gasteiger partial charge in [0, 0.05) is 6.42 Å². The van der Waals surface area contributed by atoms with Crippen LogP contribution in [0.2, 0.25) is 0 Å². The predicted molar refractivity (Wildman–Crippen MR) is 60.5 cm³/mol. The molecule has 0 saturated carbocycles. The zero-order chi connectivity index (χ0) is 11.6. The molecule has 0 spiro atoms. The minimum atomic E-state index is -0.127. The minimum Gasteiger partial charge on any atom is -0.294 e. The van der Waals surface area contributed by atoms with Crippen LogP contribution >= 0.6 is 0 Å². The second-order valence-electron chi connectivity index (χ2n) is 4.88. The third-order valence-electron chi connectivity index (χ3n) is 2.68. The van der Waals surface area contributed by atoms with Crippen LogP contribution in [0.3, 0.4) is 0 Å². The first-order valence-corrected chi connectivity index (χ1v) is 5.35. The molecule has 15 heavy (non-hydrogen) atoms. The van der Waals surface area contributed by atoms with Gasteiger partial charge in [-0.2, -0.15) is 0 Å². The Kier molecular flexibility index (Phi) is 3.28. The summed E-state index contributed by atoms with van der Waals surface area (Å²) in [6.45, 7) is 8.01. The Morgan fingerprint density at radius 2 is 2.00 bits per heavy atom. The Labute approximate surface area is 91.1 Å². The lowest BCUT2D eigenvalue weighted by Crippen LogP contribution is -2.18. The molecule has 0 radical (unpaired) electrons. The normalized spacial score (nSPS) is 17.2. The van der Waals surface area contributed by atoms with Crippen molar-refractivity contribution in [3.63, 3.8) is 0 Å². The van der Waals surface area contributed by atoms with Crippen LogP contribution in [0.4, 0.5) is 0 Å². The van der Waals surface area contributed by atoms with Crippen LogP contribution in [0.1, 0.15) is 40.5 Å². The van der Waals surface area contributed by atoms with Crippen molar-refractivity contribution in [2.45, 2.75) is 40.5 Å². The number of Topliss-reactive ketones (excluding diaryl/α,β-unsaturated/α-hetero) is 1. The zero-order valence-corrected chi connectivity index (χ0v) is 9.89. The first-order valence-electron chi connectivity index (χ1n) is 5.35. The first-order chi connectivity index (χ1) is 6.86. The van der Waals surface area contributed by atoms with Gasteiger partial charge in [0.1, 0.15) is 0 Å². The minimum absolute atomic E-state index is 0.00690. The van der Waals surface area contributed by atoms with Crippen molar-refractivity contribution in [1.82, 2.24) is 0 Å². The quantitative estimate of drug-likeness (QED) is 0.651. The third-order valence-corrected chi connectivity index (χ3v) is 2.68. The van der Waals surface area contributed by atoms with Crippen LogP contribution in [0.15, 0.2) is 23.3 Å². The van der Waals surface area contributed by atoms with Gasteiger partial charge in [0.2, 0.25) is 0 Å². The predicted octanol–water partition coefficient (Wildman–Crippen LogP) is 2.84. The van der Waals surface area contributed by atoms with Crippen LogP contribution in [0, 0.1) is 5.41 Å². The summed E-state index contributed by atoms with van der Waals surface area (Å²) in [6, 6.07) is 0. The van der Waals surface area contributed by atoms with E-state index in [1.54, 1.807) is 19.1 Å². The molecule has 2 heteroatoms. The molecule has 0 saturated heterocycles. The topological polar surface area (TPSA) is 34.1 Å². The monoisotopic (exact) mass is 206 g/mol. The van der Waals surface area contributed by atoms with Gasteiger partial charge in [-0.3, -0.25) is 9.59 Å². The molecular weight excluding hydrogens is 188 g/mol. The largest absolute Gasteiger partial charge is 0.294 e. The van der Waals surface area contributed by atoms with E-state index in [-0.39, 0.29) is 17.0 Å². The van der Waals surface area contributed by atoms with Gasteiger partial charge < -0.3 is 0 Å². The summed E-state index contributed by atoms with van der Waals surface area (Å²) in [5.74, 6) is -0.178.